The van der Waals surface area contributed by atoms with Gasteiger partial charge in [0.05, 0.1) is 104 Å². The van der Waals surface area contributed by atoms with Crippen molar-refractivity contribution in [2.24, 2.45) is 0 Å². The van der Waals surface area contributed by atoms with Crippen LogP contribution in [0.4, 0.5) is 0 Å². The number of fused-ring (bicyclic) bond motifs is 6. The van der Waals surface area contributed by atoms with Gasteiger partial charge in [0.1, 0.15) is 0 Å². The van der Waals surface area contributed by atoms with Gasteiger partial charge in [-0.3, -0.25) is 4.98 Å². The van der Waals surface area contributed by atoms with Crippen LogP contribution in [-0.4, -0.2) is 14.1 Å². The molecule has 8 heteroatoms. The Hall–Kier alpha value is -10.8. The highest BCUT2D eigenvalue weighted by Crippen LogP contribution is 2.44. The molecule has 3 heterocycles. The maximum absolute atomic E-state index is 10.1. The minimum Gasteiger partial charge on any atom is -0.307 e. The molecule has 0 saturated carbocycles. The summed E-state index contributed by atoms with van der Waals surface area (Å²) in [6, 6.07) is 75.1. The molecule has 8 nitrogen and oxygen atoms in total. The van der Waals surface area contributed by atoms with Crippen molar-refractivity contribution in [1.82, 2.24) is 14.1 Å². The molecule has 0 bridgehead atoms. The van der Waals surface area contributed by atoms with E-state index >= 15 is 0 Å². The molecular weight excluding hydrogens is 881 g/mol. The van der Waals surface area contributed by atoms with Gasteiger partial charge < -0.3 is 9.13 Å². The molecule has 0 atom stereocenters. The number of nitriles is 5. The van der Waals surface area contributed by atoms with Crippen molar-refractivity contribution in [2.75, 3.05) is 0 Å². The van der Waals surface area contributed by atoms with Crippen LogP contribution in [0.3, 0.4) is 0 Å². The average molecular weight is 915 g/mol. The molecule has 12 aromatic rings. The summed E-state index contributed by atoms with van der Waals surface area (Å²) in [5.41, 5.74) is 16.9. The summed E-state index contributed by atoms with van der Waals surface area (Å²) < 4.78 is 4.52. The van der Waals surface area contributed by atoms with E-state index in [1.807, 2.05) is 109 Å². The van der Waals surface area contributed by atoms with Gasteiger partial charge in [0.15, 0.2) is 0 Å². The second-order valence-corrected chi connectivity index (χ2v) is 17.6. The van der Waals surface area contributed by atoms with Crippen LogP contribution in [0.5, 0.6) is 0 Å². The summed E-state index contributed by atoms with van der Waals surface area (Å²) in [6.07, 6.45) is 3.79. The maximum Gasteiger partial charge on any atom is 0.0991 e. The fourth-order valence-corrected chi connectivity index (χ4v) is 10.1. The lowest BCUT2D eigenvalue weighted by molar-refractivity contribution is 1.09. The molecule has 9 aromatic carbocycles. The van der Waals surface area contributed by atoms with E-state index in [9.17, 15) is 26.3 Å². The molecule has 0 N–H and O–H groups in total. The van der Waals surface area contributed by atoms with E-state index in [-0.39, 0.29) is 0 Å². The number of nitrogens with zero attached hydrogens (tertiary/aromatic N) is 8. The van der Waals surface area contributed by atoms with Gasteiger partial charge in [0, 0.05) is 27.1 Å². The van der Waals surface area contributed by atoms with Crippen LogP contribution >= 0.6 is 0 Å². The fourth-order valence-electron chi connectivity index (χ4n) is 10.1. The summed E-state index contributed by atoms with van der Waals surface area (Å²) in [4.78, 5) is 5.12. The largest absolute Gasteiger partial charge is 0.307 e. The van der Waals surface area contributed by atoms with Crippen molar-refractivity contribution in [3.05, 3.63) is 234 Å². The van der Waals surface area contributed by atoms with E-state index in [0.717, 1.165) is 111 Å². The van der Waals surface area contributed by atoms with Gasteiger partial charge in [-0.1, -0.05) is 109 Å². The van der Waals surface area contributed by atoms with Crippen molar-refractivity contribution in [3.63, 3.8) is 0 Å². The summed E-state index contributed by atoms with van der Waals surface area (Å²) in [5.74, 6) is 0. The van der Waals surface area contributed by atoms with Crippen LogP contribution in [-0.2, 0) is 0 Å². The summed E-state index contributed by atoms with van der Waals surface area (Å²) in [7, 11) is 0. The smallest absolute Gasteiger partial charge is 0.0991 e. The Balaban J connectivity index is 1.22. The van der Waals surface area contributed by atoms with Crippen molar-refractivity contribution in [2.45, 2.75) is 0 Å². The molecule has 0 spiro atoms. The average Bonchev–Trinajstić information content (AvgIpc) is 3.96. The van der Waals surface area contributed by atoms with Crippen LogP contribution < -0.4 is 0 Å². The number of hydrogen-bond acceptors (Lipinski definition) is 6. The first-order valence-electron chi connectivity index (χ1n) is 23.1. The lowest BCUT2D eigenvalue weighted by Crippen LogP contribution is -2.05. The van der Waals surface area contributed by atoms with Crippen LogP contribution in [0.25, 0.3) is 111 Å². The monoisotopic (exact) mass is 914 g/mol. The zero-order chi connectivity index (χ0) is 48.9. The third-order valence-electron chi connectivity index (χ3n) is 13.5. The van der Waals surface area contributed by atoms with Gasteiger partial charge in [-0.2, -0.15) is 26.3 Å². The Morgan fingerprint density at radius 1 is 0.278 bits per heavy atom. The quantitative estimate of drug-likeness (QED) is 0.156. The molecule has 12 rings (SSSR count). The fraction of sp³-hybridized carbons (Fsp3) is 0. The van der Waals surface area contributed by atoms with E-state index in [2.05, 4.69) is 112 Å². The molecule has 0 aliphatic heterocycles. The van der Waals surface area contributed by atoms with Gasteiger partial charge >= 0.3 is 0 Å². The Kier molecular flexibility index (Phi) is 10.3. The highest BCUT2D eigenvalue weighted by Gasteiger charge is 2.24. The van der Waals surface area contributed by atoms with Crippen molar-refractivity contribution in [1.29, 1.82) is 26.3 Å². The second-order valence-electron chi connectivity index (χ2n) is 17.6. The predicted molar refractivity (Wildman–Crippen MR) is 284 cm³/mol. The maximum atomic E-state index is 10.1. The van der Waals surface area contributed by atoms with E-state index in [4.69, 9.17) is 4.98 Å². The SMILES string of the molecule is N#Cc1ccc(-c2c(-n3c4cc(-c5cccc(C#N)c5)ccc4c4ccc(-c5cccc(C#N)c5)cc43)cncc2-n2c3cc(-c4cccc(C#N)c4)ccc3c3ccc(-c4cccc(C#N)c4)cc32)cc1. The predicted octanol–water partition coefficient (Wildman–Crippen LogP) is 15.0. The van der Waals surface area contributed by atoms with E-state index in [0.29, 0.717) is 27.8 Å². The lowest BCUT2D eigenvalue weighted by atomic mass is 10.00. The van der Waals surface area contributed by atoms with Crippen LogP contribution in [0.15, 0.2) is 207 Å². The molecule has 0 radical (unpaired) electrons. The third-order valence-corrected chi connectivity index (χ3v) is 13.5. The number of pyridine rings is 1. The zero-order valence-electron chi connectivity index (χ0n) is 38.2. The number of hydrogen-bond donors (Lipinski definition) is 0. The standard InChI is InChI=1S/C64H34N8/c65-33-40-13-15-45(16-14-40)64-62(71-58-29-50(46-9-1-5-41(25-46)34-66)17-21-54(58)55-22-18-51(30-59(55)71)47-10-2-6-42(26-47)35-67)38-70-39-63(64)72-60-31-52(48-11-3-7-43(27-48)36-68)19-23-56(60)57-24-20-53(32-61(57)72)49-12-4-8-44(28-49)37-69/h1-32,38-39H. The minimum atomic E-state index is 0.520. The first-order valence-corrected chi connectivity index (χ1v) is 23.1. The topological polar surface area (TPSA) is 142 Å². The van der Waals surface area contributed by atoms with Crippen molar-refractivity contribution >= 4 is 43.6 Å². The molecule has 72 heavy (non-hydrogen) atoms. The molecule has 0 aliphatic carbocycles. The van der Waals surface area contributed by atoms with Crippen LogP contribution in [0.2, 0.25) is 0 Å². The van der Waals surface area contributed by atoms with Gasteiger partial charge in [0.2, 0.25) is 0 Å². The molecule has 0 amide bonds. The molecule has 0 fully saturated rings. The Labute approximate surface area is 413 Å². The first-order chi connectivity index (χ1) is 35.4. The summed E-state index contributed by atoms with van der Waals surface area (Å²) >= 11 is 0. The second kappa shape index (κ2) is 17.4. The first kappa shape index (κ1) is 42.5. The van der Waals surface area contributed by atoms with Gasteiger partial charge in [-0.15, -0.1) is 0 Å². The Bertz CT molecular complexity index is 3970. The highest BCUT2D eigenvalue weighted by atomic mass is 15.0. The lowest BCUT2D eigenvalue weighted by Gasteiger charge is -2.20. The Morgan fingerprint density at radius 3 is 0.847 bits per heavy atom. The van der Waals surface area contributed by atoms with Crippen LogP contribution in [0, 0.1) is 56.7 Å². The summed E-state index contributed by atoms with van der Waals surface area (Å²) in [6.45, 7) is 0. The van der Waals surface area contributed by atoms with Gasteiger partial charge in [0.25, 0.3) is 0 Å². The summed E-state index contributed by atoms with van der Waals surface area (Å²) in [5, 5.41) is 53.7. The number of aromatic nitrogens is 3. The van der Waals surface area contributed by atoms with Crippen molar-refractivity contribution in [3.8, 4) is 97.4 Å². The minimum absolute atomic E-state index is 0.520. The molecule has 0 saturated heterocycles. The Morgan fingerprint density at radius 2 is 0.556 bits per heavy atom. The molecule has 3 aromatic heterocycles. The van der Waals surface area contributed by atoms with Gasteiger partial charge in [-0.05, 0) is 135 Å². The van der Waals surface area contributed by atoms with Crippen molar-refractivity contribution < 1.29 is 0 Å². The normalized spacial score (nSPS) is 11.0. The van der Waals surface area contributed by atoms with Crippen LogP contribution in [0.1, 0.15) is 27.8 Å². The van der Waals surface area contributed by atoms with E-state index in [1.54, 1.807) is 24.3 Å². The molecule has 330 valence electrons. The number of rotatable bonds is 7. The molecule has 0 aliphatic rings. The highest BCUT2D eigenvalue weighted by molar-refractivity contribution is 6.14. The third kappa shape index (κ3) is 7.17. The molecular formula is C64H34N8. The molecule has 0 unspecified atom stereocenters. The van der Waals surface area contributed by atoms with Gasteiger partial charge in [-0.25, -0.2) is 0 Å². The zero-order valence-corrected chi connectivity index (χ0v) is 38.2. The number of benzene rings is 9. The van der Waals surface area contributed by atoms with E-state index in [1.165, 1.54) is 0 Å². The van der Waals surface area contributed by atoms with E-state index < -0.39 is 0 Å².